The molecular formula is C25H28N2O4S. The third-order valence-electron chi connectivity index (χ3n) is 5.19. The van der Waals surface area contributed by atoms with Crippen molar-refractivity contribution in [1.82, 2.24) is 0 Å². The Morgan fingerprint density at radius 3 is 2.09 bits per heavy atom. The highest BCUT2D eigenvalue weighted by molar-refractivity contribution is 7.92. The Balaban J connectivity index is 2.02. The van der Waals surface area contributed by atoms with E-state index in [9.17, 15) is 13.2 Å². The zero-order chi connectivity index (χ0) is 23.5. The molecule has 3 aromatic carbocycles. The predicted octanol–water partition coefficient (Wildman–Crippen LogP) is 4.76. The maximum absolute atomic E-state index is 13.6. The van der Waals surface area contributed by atoms with E-state index in [1.807, 2.05) is 39.8 Å². The van der Waals surface area contributed by atoms with Gasteiger partial charge in [0, 0.05) is 5.69 Å². The van der Waals surface area contributed by atoms with E-state index in [-0.39, 0.29) is 4.90 Å². The predicted molar refractivity (Wildman–Crippen MR) is 128 cm³/mol. The molecule has 0 bridgehead atoms. The second-order valence-corrected chi connectivity index (χ2v) is 9.68. The Morgan fingerprint density at radius 2 is 1.50 bits per heavy atom. The topological polar surface area (TPSA) is 75.7 Å². The number of benzene rings is 3. The zero-order valence-corrected chi connectivity index (χ0v) is 19.8. The number of hydrogen-bond acceptors (Lipinski definition) is 4. The average Bonchev–Trinajstić information content (AvgIpc) is 2.74. The number of nitrogens with zero attached hydrogens (tertiary/aromatic N) is 1. The largest absolute Gasteiger partial charge is 0.495 e. The highest BCUT2D eigenvalue weighted by Gasteiger charge is 2.29. The van der Waals surface area contributed by atoms with Gasteiger partial charge in [0.1, 0.15) is 12.3 Å². The fourth-order valence-corrected chi connectivity index (χ4v) is 5.09. The molecule has 7 heteroatoms. The van der Waals surface area contributed by atoms with Crippen molar-refractivity contribution in [2.24, 2.45) is 0 Å². The number of carbonyl (C=O) groups excluding carboxylic acids is 1. The fourth-order valence-electron chi connectivity index (χ4n) is 3.66. The van der Waals surface area contributed by atoms with Crippen molar-refractivity contribution in [2.45, 2.75) is 32.6 Å². The molecule has 1 N–H and O–H groups in total. The van der Waals surface area contributed by atoms with Crippen LogP contribution in [-0.4, -0.2) is 28.0 Å². The van der Waals surface area contributed by atoms with Crippen LogP contribution < -0.4 is 14.4 Å². The monoisotopic (exact) mass is 452 g/mol. The summed E-state index contributed by atoms with van der Waals surface area (Å²) in [6.07, 6.45) is 0. The second kappa shape index (κ2) is 9.44. The molecule has 0 aliphatic heterocycles. The second-order valence-electron chi connectivity index (χ2n) is 7.82. The van der Waals surface area contributed by atoms with E-state index in [4.69, 9.17) is 4.74 Å². The first kappa shape index (κ1) is 23.3. The van der Waals surface area contributed by atoms with Crippen molar-refractivity contribution in [2.75, 3.05) is 23.3 Å². The lowest BCUT2D eigenvalue weighted by atomic mass is 10.1. The van der Waals surface area contributed by atoms with Crippen LogP contribution in [0.25, 0.3) is 0 Å². The molecule has 32 heavy (non-hydrogen) atoms. The first-order valence-corrected chi connectivity index (χ1v) is 11.7. The summed E-state index contributed by atoms with van der Waals surface area (Å²) < 4.78 is 33.6. The standard InChI is InChI=1S/C25H28N2O4S/c1-17-10-12-21(13-11-17)32(29,30)27(22-8-6-7-9-23(22)31-5)16-24(28)26-25-19(3)14-18(2)15-20(25)4/h6-15H,16H2,1-5H3,(H,26,28). The molecule has 0 saturated heterocycles. The molecule has 0 spiro atoms. The molecule has 6 nitrogen and oxygen atoms in total. The summed E-state index contributed by atoms with van der Waals surface area (Å²) >= 11 is 0. The van der Waals surface area contributed by atoms with Crippen molar-refractivity contribution >= 4 is 27.3 Å². The van der Waals surface area contributed by atoms with Gasteiger partial charge in [0.05, 0.1) is 17.7 Å². The first-order valence-electron chi connectivity index (χ1n) is 10.2. The van der Waals surface area contributed by atoms with Gasteiger partial charge < -0.3 is 10.1 Å². The summed E-state index contributed by atoms with van der Waals surface area (Å²) in [6.45, 7) is 7.30. The van der Waals surface area contributed by atoms with Crippen molar-refractivity contribution in [1.29, 1.82) is 0 Å². The lowest BCUT2D eigenvalue weighted by Crippen LogP contribution is -2.38. The van der Waals surface area contributed by atoms with E-state index in [2.05, 4.69) is 5.32 Å². The van der Waals surface area contributed by atoms with Crippen molar-refractivity contribution in [3.63, 3.8) is 0 Å². The van der Waals surface area contributed by atoms with Crippen LogP contribution in [0.2, 0.25) is 0 Å². The zero-order valence-electron chi connectivity index (χ0n) is 19.0. The summed E-state index contributed by atoms with van der Waals surface area (Å²) in [5, 5.41) is 2.89. The molecular weight excluding hydrogens is 424 g/mol. The molecule has 0 aromatic heterocycles. The minimum atomic E-state index is -4.03. The van der Waals surface area contributed by atoms with Crippen LogP contribution in [0.15, 0.2) is 65.6 Å². The van der Waals surface area contributed by atoms with E-state index in [0.717, 1.165) is 26.6 Å². The molecule has 3 rings (SSSR count). The number of aryl methyl sites for hydroxylation is 4. The number of anilines is 2. The van der Waals surface area contributed by atoms with Gasteiger partial charge in [0.2, 0.25) is 5.91 Å². The number of hydrogen-bond donors (Lipinski definition) is 1. The first-order chi connectivity index (χ1) is 15.1. The smallest absolute Gasteiger partial charge is 0.264 e. The van der Waals surface area contributed by atoms with Crippen LogP contribution in [0.5, 0.6) is 5.75 Å². The van der Waals surface area contributed by atoms with Gasteiger partial charge in [0.25, 0.3) is 10.0 Å². The van der Waals surface area contributed by atoms with Gasteiger partial charge in [0.15, 0.2) is 0 Å². The molecule has 0 aliphatic rings. The SMILES string of the molecule is COc1ccccc1N(CC(=O)Nc1c(C)cc(C)cc1C)S(=O)(=O)c1ccc(C)cc1. The number of rotatable bonds is 7. The lowest BCUT2D eigenvalue weighted by Gasteiger charge is -2.26. The van der Waals surface area contributed by atoms with Crippen LogP contribution in [0.4, 0.5) is 11.4 Å². The molecule has 0 radical (unpaired) electrons. The van der Waals surface area contributed by atoms with Gasteiger partial charge in [-0.2, -0.15) is 0 Å². The van der Waals surface area contributed by atoms with E-state index < -0.39 is 22.5 Å². The van der Waals surface area contributed by atoms with E-state index >= 15 is 0 Å². The quantitative estimate of drug-likeness (QED) is 0.561. The number of methoxy groups -OCH3 is 1. The van der Waals surface area contributed by atoms with E-state index in [1.165, 1.54) is 7.11 Å². The van der Waals surface area contributed by atoms with Crippen LogP contribution in [0, 0.1) is 27.7 Å². The average molecular weight is 453 g/mol. The number of para-hydroxylation sites is 2. The molecule has 0 unspecified atom stereocenters. The molecule has 0 aliphatic carbocycles. The normalized spacial score (nSPS) is 11.2. The number of nitrogens with one attached hydrogen (secondary N) is 1. The van der Waals surface area contributed by atoms with Gasteiger partial charge in [-0.15, -0.1) is 0 Å². The molecule has 0 fully saturated rings. The molecule has 0 saturated carbocycles. The maximum atomic E-state index is 13.6. The summed E-state index contributed by atoms with van der Waals surface area (Å²) in [4.78, 5) is 13.2. The van der Waals surface area contributed by atoms with Crippen molar-refractivity contribution in [3.05, 3.63) is 82.9 Å². The summed E-state index contributed by atoms with van der Waals surface area (Å²) in [5.74, 6) is -0.0830. The van der Waals surface area contributed by atoms with Crippen LogP contribution >= 0.6 is 0 Å². The maximum Gasteiger partial charge on any atom is 0.264 e. The highest BCUT2D eigenvalue weighted by Crippen LogP contribution is 2.32. The van der Waals surface area contributed by atoms with Gasteiger partial charge in [-0.1, -0.05) is 47.5 Å². The molecule has 168 valence electrons. The van der Waals surface area contributed by atoms with Gasteiger partial charge in [-0.25, -0.2) is 8.42 Å². The third kappa shape index (κ3) is 4.94. The summed E-state index contributed by atoms with van der Waals surface area (Å²) in [5.41, 5.74) is 4.85. The number of sulfonamides is 1. The summed E-state index contributed by atoms with van der Waals surface area (Å²) in [6, 6.07) is 17.2. The minimum absolute atomic E-state index is 0.101. The van der Waals surface area contributed by atoms with Crippen LogP contribution in [-0.2, 0) is 14.8 Å². The lowest BCUT2D eigenvalue weighted by molar-refractivity contribution is -0.114. The van der Waals surface area contributed by atoms with Crippen LogP contribution in [0.3, 0.4) is 0 Å². The summed E-state index contributed by atoms with van der Waals surface area (Å²) in [7, 11) is -2.56. The van der Waals surface area contributed by atoms with Crippen molar-refractivity contribution in [3.8, 4) is 5.75 Å². The Kier molecular flexibility index (Phi) is 6.89. The molecule has 0 atom stereocenters. The third-order valence-corrected chi connectivity index (χ3v) is 6.97. The van der Waals surface area contributed by atoms with Gasteiger partial charge in [-0.05, 0) is 63.1 Å². The number of carbonyl (C=O) groups is 1. The van der Waals surface area contributed by atoms with E-state index in [0.29, 0.717) is 17.1 Å². The number of amides is 1. The van der Waals surface area contributed by atoms with Gasteiger partial charge >= 0.3 is 0 Å². The van der Waals surface area contributed by atoms with Crippen molar-refractivity contribution < 1.29 is 17.9 Å². The Bertz CT molecular complexity index is 1210. The Hall–Kier alpha value is -3.32. The molecule has 1 amide bonds. The van der Waals surface area contributed by atoms with Crippen LogP contribution in [0.1, 0.15) is 22.3 Å². The van der Waals surface area contributed by atoms with E-state index in [1.54, 1.807) is 48.5 Å². The molecule has 3 aromatic rings. The van der Waals surface area contributed by atoms with Gasteiger partial charge in [-0.3, -0.25) is 9.10 Å². The molecule has 0 heterocycles. The minimum Gasteiger partial charge on any atom is -0.495 e. The number of ether oxygens (including phenoxy) is 1. The Morgan fingerprint density at radius 1 is 0.906 bits per heavy atom. The highest BCUT2D eigenvalue weighted by atomic mass is 32.2. The fraction of sp³-hybridized carbons (Fsp3) is 0.240. The Labute approximate surface area is 189 Å².